The Morgan fingerprint density at radius 3 is 2.52 bits per heavy atom. The molecule has 1 heterocycles. The van der Waals surface area contributed by atoms with Gasteiger partial charge in [-0.25, -0.2) is 0 Å². The largest absolute Gasteiger partial charge is 0.493 e. The average molecular weight is 367 g/mol. The zero-order valence-electron chi connectivity index (χ0n) is 14.9. The SMILES string of the molecule is CN(C(=O)c1ccc(C(=N)N)cc1)c1ccc2c(c1)CC(CC(=O)O)CO2. The number of carboxylic acid groups (broad SMARTS) is 1. The Labute approximate surface area is 156 Å². The van der Waals surface area contributed by atoms with Gasteiger partial charge in [0.05, 0.1) is 13.0 Å². The topological polar surface area (TPSA) is 117 Å². The molecule has 3 rings (SSSR count). The number of aliphatic carboxylic acids is 1. The monoisotopic (exact) mass is 367 g/mol. The summed E-state index contributed by atoms with van der Waals surface area (Å²) in [5, 5.41) is 16.4. The molecule has 0 bridgehead atoms. The van der Waals surface area contributed by atoms with Crippen molar-refractivity contribution in [3.8, 4) is 5.75 Å². The highest BCUT2D eigenvalue weighted by molar-refractivity contribution is 6.06. The summed E-state index contributed by atoms with van der Waals surface area (Å²) < 4.78 is 5.65. The highest BCUT2D eigenvalue weighted by atomic mass is 16.5. The second-order valence-electron chi connectivity index (χ2n) is 6.63. The van der Waals surface area contributed by atoms with Gasteiger partial charge in [-0.2, -0.15) is 0 Å². The third kappa shape index (κ3) is 4.08. The minimum Gasteiger partial charge on any atom is -0.493 e. The summed E-state index contributed by atoms with van der Waals surface area (Å²) >= 11 is 0. The maximum absolute atomic E-state index is 12.7. The van der Waals surface area contributed by atoms with Gasteiger partial charge in [0.15, 0.2) is 0 Å². The van der Waals surface area contributed by atoms with Gasteiger partial charge in [0.1, 0.15) is 11.6 Å². The van der Waals surface area contributed by atoms with Crippen LogP contribution in [0, 0.1) is 11.3 Å². The smallest absolute Gasteiger partial charge is 0.303 e. The molecule has 0 aromatic heterocycles. The van der Waals surface area contributed by atoms with Crippen LogP contribution in [0.1, 0.15) is 27.9 Å². The van der Waals surface area contributed by atoms with E-state index >= 15 is 0 Å². The molecule has 0 spiro atoms. The number of nitrogen functional groups attached to an aromatic ring is 1. The van der Waals surface area contributed by atoms with Gasteiger partial charge in [0.25, 0.3) is 5.91 Å². The predicted molar refractivity (Wildman–Crippen MR) is 102 cm³/mol. The molecule has 1 aliphatic rings. The van der Waals surface area contributed by atoms with Crippen LogP contribution < -0.4 is 15.4 Å². The molecule has 7 heteroatoms. The van der Waals surface area contributed by atoms with E-state index in [4.69, 9.17) is 21.0 Å². The van der Waals surface area contributed by atoms with Gasteiger partial charge in [-0.05, 0) is 42.3 Å². The maximum atomic E-state index is 12.7. The third-order valence-electron chi connectivity index (χ3n) is 4.63. The number of rotatable bonds is 5. The fourth-order valence-electron chi connectivity index (χ4n) is 3.13. The molecule has 1 atom stereocenters. The van der Waals surface area contributed by atoms with E-state index in [1.54, 1.807) is 37.4 Å². The van der Waals surface area contributed by atoms with E-state index in [0.717, 1.165) is 11.3 Å². The van der Waals surface area contributed by atoms with E-state index in [0.29, 0.717) is 29.8 Å². The minimum atomic E-state index is -0.843. The van der Waals surface area contributed by atoms with Crippen LogP contribution in [0.3, 0.4) is 0 Å². The van der Waals surface area contributed by atoms with Crippen LogP contribution in [0.4, 0.5) is 5.69 Å². The standard InChI is InChI=1S/C20H21N3O4/c1-23(20(26)14-4-2-13(3-5-14)19(21)22)16-6-7-17-15(10-16)8-12(11-27-17)9-18(24)25/h2-7,10,12H,8-9,11H2,1H3,(H3,21,22)(H,24,25). The number of nitrogens with zero attached hydrogens (tertiary/aromatic N) is 1. The molecule has 1 amide bonds. The lowest BCUT2D eigenvalue weighted by Gasteiger charge is -2.26. The number of nitrogens with two attached hydrogens (primary N) is 1. The molecule has 0 saturated carbocycles. The Hall–Kier alpha value is -3.35. The second kappa shape index (κ2) is 7.49. The van der Waals surface area contributed by atoms with E-state index in [2.05, 4.69) is 0 Å². The zero-order valence-corrected chi connectivity index (χ0v) is 14.9. The van der Waals surface area contributed by atoms with Crippen molar-refractivity contribution in [2.45, 2.75) is 12.8 Å². The number of carboxylic acids is 1. The fourth-order valence-corrected chi connectivity index (χ4v) is 3.13. The van der Waals surface area contributed by atoms with Crippen molar-refractivity contribution in [1.29, 1.82) is 5.41 Å². The molecule has 0 aliphatic carbocycles. The van der Waals surface area contributed by atoms with Gasteiger partial charge >= 0.3 is 5.97 Å². The van der Waals surface area contributed by atoms with Gasteiger partial charge in [-0.3, -0.25) is 15.0 Å². The summed E-state index contributed by atoms with van der Waals surface area (Å²) in [6.45, 7) is 0.385. The Morgan fingerprint density at radius 1 is 1.22 bits per heavy atom. The normalized spacial score (nSPS) is 15.4. The van der Waals surface area contributed by atoms with Crippen molar-refractivity contribution in [3.63, 3.8) is 0 Å². The lowest BCUT2D eigenvalue weighted by molar-refractivity contribution is -0.138. The van der Waals surface area contributed by atoms with Crippen molar-refractivity contribution in [2.75, 3.05) is 18.6 Å². The molecule has 0 fully saturated rings. The summed E-state index contributed by atoms with van der Waals surface area (Å²) in [7, 11) is 1.68. The van der Waals surface area contributed by atoms with Crippen molar-refractivity contribution in [3.05, 3.63) is 59.2 Å². The average Bonchev–Trinajstić information content (AvgIpc) is 2.65. The molecule has 7 nitrogen and oxygen atoms in total. The first kappa shape index (κ1) is 18.4. The van der Waals surface area contributed by atoms with Gasteiger partial charge in [0.2, 0.25) is 0 Å². The molecule has 0 saturated heterocycles. The zero-order chi connectivity index (χ0) is 19.6. The fraction of sp³-hybridized carbons (Fsp3) is 0.250. The van der Waals surface area contributed by atoms with Crippen LogP contribution in [0.15, 0.2) is 42.5 Å². The number of fused-ring (bicyclic) bond motifs is 1. The van der Waals surface area contributed by atoms with Crippen molar-refractivity contribution in [1.82, 2.24) is 0 Å². The summed E-state index contributed by atoms with van der Waals surface area (Å²) in [5.41, 5.74) is 8.08. The Kier molecular flexibility index (Phi) is 5.12. The summed E-state index contributed by atoms with van der Waals surface area (Å²) in [5.74, 6) is -0.432. The summed E-state index contributed by atoms with van der Waals surface area (Å²) in [6.07, 6.45) is 0.658. The third-order valence-corrected chi connectivity index (χ3v) is 4.63. The Balaban J connectivity index is 1.78. The summed E-state index contributed by atoms with van der Waals surface area (Å²) in [4.78, 5) is 25.2. The van der Waals surface area contributed by atoms with E-state index < -0.39 is 5.97 Å². The Morgan fingerprint density at radius 2 is 1.89 bits per heavy atom. The number of carbonyl (C=O) groups excluding carboxylic acids is 1. The lowest BCUT2D eigenvalue weighted by Crippen LogP contribution is -2.27. The van der Waals surface area contributed by atoms with Gasteiger partial charge in [0, 0.05) is 29.8 Å². The van der Waals surface area contributed by atoms with Crippen LogP contribution in [-0.2, 0) is 11.2 Å². The number of benzene rings is 2. The second-order valence-corrected chi connectivity index (χ2v) is 6.63. The molecule has 27 heavy (non-hydrogen) atoms. The molecule has 140 valence electrons. The molecule has 0 radical (unpaired) electrons. The van der Waals surface area contributed by atoms with Crippen LogP contribution in [0.2, 0.25) is 0 Å². The van der Waals surface area contributed by atoms with Crippen LogP contribution in [0.5, 0.6) is 5.75 Å². The van der Waals surface area contributed by atoms with Crippen LogP contribution in [0.25, 0.3) is 0 Å². The van der Waals surface area contributed by atoms with E-state index in [9.17, 15) is 9.59 Å². The number of hydrogen-bond donors (Lipinski definition) is 3. The minimum absolute atomic E-state index is 0.0482. The molecule has 4 N–H and O–H groups in total. The first-order valence-electron chi connectivity index (χ1n) is 8.55. The highest BCUT2D eigenvalue weighted by Gasteiger charge is 2.23. The van der Waals surface area contributed by atoms with Crippen LogP contribution in [-0.4, -0.2) is 36.5 Å². The van der Waals surface area contributed by atoms with Gasteiger partial charge in [-0.15, -0.1) is 0 Å². The number of ether oxygens (including phenoxy) is 1. The first-order chi connectivity index (χ1) is 12.8. The van der Waals surface area contributed by atoms with E-state index in [1.165, 1.54) is 4.90 Å². The van der Waals surface area contributed by atoms with Crippen molar-refractivity contribution in [2.24, 2.45) is 11.7 Å². The van der Waals surface area contributed by atoms with Gasteiger partial charge < -0.3 is 20.5 Å². The van der Waals surface area contributed by atoms with Gasteiger partial charge in [-0.1, -0.05) is 12.1 Å². The number of anilines is 1. The number of amidine groups is 1. The first-order valence-corrected chi connectivity index (χ1v) is 8.55. The van der Waals surface area contributed by atoms with E-state index in [-0.39, 0.29) is 24.1 Å². The number of hydrogen-bond acceptors (Lipinski definition) is 4. The molecule has 1 aliphatic heterocycles. The quantitative estimate of drug-likeness (QED) is 0.554. The molecule has 1 unspecified atom stereocenters. The number of amides is 1. The predicted octanol–water partition coefficient (Wildman–Crippen LogP) is 2.27. The molecule has 2 aromatic carbocycles. The van der Waals surface area contributed by atoms with E-state index in [1.807, 2.05) is 12.1 Å². The maximum Gasteiger partial charge on any atom is 0.303 e. The molecular weight excluding hydrogens is 346 g/mol. The van der Waals surface area contributed by atoms with Crippen molar-refractivity contribution < 1.29 is 19.4 Å². The Bertz CT molecular complexity index is 893. The number of nitrogens with one attached hydrogen (secondary N) is 1. The van der Waals surface area contributed by atoms with Crippen molar-refractivity contribution >= 4 is 23.4 Å². The number of carbonyl (C=O) groups is 2. The highest BCUT2D eigenvalue weighted by Crippen LogP contribution is 2.32. The summed E-state index contributed by atoms with van der Waals surface area (Å²) in [6, 6.07) is 12.0. The lowest BCUT2D eigenvalue weighted by atomic mass is 9.93. The molecular formula is C20H21N3O4. The van der Waals surface area contributed by atoms with Crippen LogP contribution >= 0.6 is 0 Å². The molecule has 2 aromatic rings.